The number of aromatic nitrogens is 1. The quantitative estimate of drug-likeness (QED) is 0.804. The number of hydrogen-bond donors (Lipinski definition) is 0. The maximum Gasteiger partial charge on any atom is 0.137 e. The Morgan fingerprint density at radius 1 is 1.61 bits per heavy atom. The molecule has 5 nitrogen and oxygen atoms in total. The van der Waals surface area contributed by atoms with E-state index < -0.39 is 21.9 Å². The molecule has 1 aliphatic rings. The zero-order valence-electron chi connectivity index (χ0n) is 10.1. The lowest BCUT2D eigenvalue weighted by molar-refractivity contribution is 0.0123. The highest BCUT2D eigenvalue weighted by molar-refractivity contribution is 7.80. The normalized spacial score (nSPS) is 21.3. The molecule has 100 valence electrons. The van der Waals surface area contributed by atoms with Crippen LogP contribution in [0.15, 0.2) is 5.16 Å². The van der Waals surface area contributed by atoms with Gasteiger partial charge in [0.15, 0.2) is 0 Å². The van der Waals surface area contributed by atoms with Gasteiger partial charge in [-0.2, -0.15) is 4.37 Å². The third-order valence-electron chi connectivity index (χ3n) is 2.64. The minimum atomic E-state index is -2.35. The Morgan fingerprint density at radius 3 is 2.67 bits per heavy atom. The maximum absolute atomic E-state index is 11.5. The van der Waals surface area contributed by atoms with E-state index in [4.69, 9.17) is 16.4 Å². The zero-order valence-corrected chi connectivity index (χ0v) is 12.5. The highest BCUT2D eigenvalue weighted by Gasteiger charge is 2.36. The molecule has 0 radical (unpaired) electrons. The van der Waals surface area contributed by atoms with Gasteiger partial charge in [0.2, 0.25) is 0 Å². The number of rotatable bonds is 3. The van der Waals surface area contributed by atoms with Crippen LogP contribution in [0.1, 0.15) is 36.8 Å². The van der Waals surface area contributed by atoms with Gasteiger partial charge in [0.05, 0.1) is 16.7 Å². The van der Waals surface area contributed by atoms with Crippen molar-refractivity contribution >= 4 is 39.9 Å². The van der Waals surface area contributed by atoms with E-state index in [0.29, 0.717) is 27.7 Å². The molecule has 0 fully saturated rings. The van der Waals surface area contributed by atoms with Gasteiger partial charge in [-0.3, -0.25) is 4.21 Å². The van der Waals surface area contributed by atoms with Gasteiger partial charge in [-0.1, -0.05) is 16.8 Å². The molecule has 0 aliphatic carbocycles. The first-order valence-corrected chi connectivity index (χ1v) is 7.55. The third kappa shape index (κ3) is 2.59. The second-order valence-corrected chi connectivity index (χ2v) is 7.07. The zero-order chi connectivity index (χ0) is 13.5. The summed E-state index contributed by atoms with van der Waals surface area (Å²) >= 11 is 4.75. The van der Waals surface area contributed by atoms with Crippen LogP contribution in [-0.4, -0.2) is 24.4 Å². The van der Waals surface area contributed by atoms with Crippen LogP contribution >= 0.6 is 23.1 Å². The van der Waals surface area contributed by atoms with Crippen molar-refractivity contribution in [2.24, 2.45) is 5.16 Å². The molecular weight excluding hydrogens is 296 g/mol. The fourth-order valence-electron chi connectivity index (χ4n) is 1.84. The molecule has 0 saturated carbocycles. The molecule has 2 rings (SSSR count). The molecule has 18 heavy (non-hydrogen) atoms. The van der Waals surface area contributed by atoms with E-state index in [9.17, 15) is 8.76 Å². The second-order valence-electron chi connectivity index (χ2n) is 4.71. The molecule has 0 bridgehead atoms. The Labute approximate surface area is 117 Å². The van der Waals surface area contributed by atoms with Crippen molar-refractivity contribution in [1.29, 1.82) is 0 Å². The molecule has 1 aromatic rings. The summed E-state index contributed by atoms with van der Waals surface area (Å²) in [5, 5.41) is 3.01. The van der Waals surface area contributed by atoms with Crippen molar-refractivity contribution in [3.8, 4) is 0 Å². The van der Waals surface area contributed by atoms with Gasteiger partial charge in [-0.05, 0) is 43.4 Å². The molecule has 1 aromatic heterocycles. The van der Waals surface area contributed by atoms with E-state index in [1.807, 2.05) is 13.8 Å². The van der Waals surface area contributed by atoms with Crippen molar-refractivity contribution in [2.45, 2.75) is 38.0 Å². The smallest absolute Gasteiger partial charge is 0.137 e. The lowest BCUT2D eigenvalue weighted by Gasteiger charge is -2.20. The molecule has 0 aromatic carbocycles. The monoisotopic (exact) mass is 307 g/mol. The van der Waals surface area contributed by atoms with Crippen LogP contribution in [0.25, 0.3) is 0 Å². The SMILES string of the molecule is Cc1nsc(Cl)c1C(C1=NOC(C)(C)C1)S(=O)[O-]. The standard InChI is InChI=1S/C10H13ClN2O3S2/c1-5-7(9(11)17-13-5)8(18(14)15)6-4-10(2,3)16-12-6/h8H,4H2,1-3H3,(H,14,15)/p-1. The molecule has 2 atom stereocenters. The van der Waals surface area contributed by atoms with E-state index >= 15 is 0 Å². The van der Waals surface area contributed by atoms with Gasteiger partial charge in [0.25, 0.3) is 0 Å². The van der Waals surface area contributed by atoms with E-state index in [2.05, 4.69) is 9.53 Å². The number of hydrogen-bond acceptors (Lipinski definition) is 6. The highest BCUT2D eigenvalue weighted by Crippen LogP contribution is 2.37. The summed E-state index contributed by atoms with van der Waals surface area (Å²) in [7, 11) is 0. The summed E-state index contributed by atoms with van der Waals surface area (Å²) in [6.07, 6.45) is 0.456. The molecule has 8 heteroatoms. The Bertz CT molecular complexity index is 508. The van der Waals surface area contributed by atoms with Gasteiger partial charge >= 0.3 is 0 Å². The largest absolute Gasteiger partial charge is 0.772 e. The van der Waals surface area contributed by atoms with Crippen LogP contribution in [-0.2, 0) is 15.9 Å². The summed E-state index contributed by atoms with van der Waals surface area (Å²) in [4.78, 5) is 5.22. The highest BCUT2D eigenvalue weighted by atomic mass is 35.5. The second kappa shape index (κ2) is 4.88. The lowest BCUT2D eigenvalue weighted by Crippen LogP contribution is -2.23. The number of oxime groups is 1. The molecule has 0 N–H and O–H groups in total. The predicted octanol–water partition coefficient (Wildman–Crippen LogP) is 2.58. The number of halogens is 1. The fraction of sp³-hybridized carbons (Fsp3) is 0.600. The lowest BCUT2D eigenvalue weighted by atomic mass is 9.98. The molecule has 2 heterocycles. The Balaban J connectivity index is 2.40. The third-order valence-corrected chi connectivity index (χ3v) is 4.69. The minimum absolute atomic E-state index is 0.383. The molecule has 2 unspecified atom stereocenters. The first-order chi connectivity index (χ1) is 8.32. The Hall–Kier alpha value is -0.500. The Kier molecular flexibility index (Phi) is 3.77. The fourth-order valence-corrected chi connectivity index (χ4v) is 3.84. The molecule has 1 aliphatic heterocycles. The molecule has 0 spiro atoms. The summed E-state index contributed by atoms with van der Waals surface area (Å²) in [5.41, 5.74) is 1.12. The number of nitrogens with zero attached hydrogens (tertiary/aromatic N) is 2. The molecule has 0 amide bonds. The summed E-state index contributed by atoms with van der Waals surface area (Å²) < 4.78 is 27.4. The van der Waals surface area contributed by atoms with Crippen LogP contribution in [0.2, 0.25) is 4.34 Å². The maximum atomic E-state index is 11.5. The van der Waals surface area contributed by atoms with Crippen LogP contribution < -0.4 is 0 Å². The van der Waals surface area contributed by atoms with Gasteiger partial charge in [-0.15, -0.1) is 0 Å². The van der Waals surface area contributed by atoms with E-state index in [0.717, 1.165) is 11.5 Å². The summed E-state index contributed by atoms with van der Waals surface area (Å²) in [5.74, 6) is 0. The van der Waals surface area contributed by atoms with Crippen molar-refractivity contribution in [3.05, 3.63) is 15.6 Å². The molecule has 0 saturated heterocycles. The predicted molar refractivity (Wildman–Crippen MR) is 70.7 cm³/mol. The van der Waals surface area contributed by atoms with Crippen LogP contribution in [0.4, 0.5) is 0 Å². The Morgan fingerprint density at radius 2 is 2.28 bits per heavy atom. The van der Waals surface area contributed by atoms with Crippen molar-refractivity contribution in [1.82, 2.24) is 4.37 Å². The van der Waals surface area contributed by atoms with E-state index in [1.54, 1.807) is 6.92 Å². The van der Waals surface area contributed by atoms with Crippen LogP contribution in [0.3, 0.4) is 0 Å². The van der Waals surface area contributed by atoms with Gasteiger partial charge in [0, 0.05) is 12.0 Å². The summed E-state index contributed by atoms with van der Waals surface area (Å²) in [6, 6.07) is 0. The van der Waals surface area contributed by atoms with Crippen molar-refractivity contribution < 1.29 is 13.6 Å². The summed E-state index contributed by atoms with van der Waals surface area (Å²) in [6.45, 7) is 5.45. The minimum Gasteiger partial charge on any atom is -0.772 e. The average Bonchev–Trinajstić information content (AvgIpc) is 2.75. The first kappa shape index (κ1) is 13.9. The van der Waals surface area contributed by atoms with Gasteiger partial charge in [0.1, 0.15) is 9.94 Å². The van der Waals surface area contributed by atoms with Gasteiger partial charge in [-0.25, -0.2) is 0 Å². The van der Waals surface area contributed by atoms with Crippen LogP contribution in [0.5, 0.6) is 0 Å². The van der Waals surface area contributed by atoms with E-state index in [1.165, 1.54) is 0 Å². The molecular formula is C10H12ClN2O3S2-. The van der Waals surface area contributed by atoms with Gasteiger partial charge < -0.3 is 9.39 Å². The average molecular weight is 308 g/mol. The van der Waals surface area contributed by atoms with Crippen molar-refractivity contribution in [3.63, 3.8) is 0 Å². The van der Waals surface area contributed by atoms with Crippen LogP contribution in [0, 0.1) is 6.92 Å². The van der Waals surface area contributed by atoms with Crippen molar-refractivity contribution in [2.75, 3.05) is 0 Å². The number of aryl methyl sites for hydroxylation is 1. The van der Waals surface area contributed by atoms with E-state index in [-0.39, 0.29) is 0 Å². The topological polar surface area (TPSA) is 74.6 Å². The first-order valence-electron chi connectivity index (χ1n) is 5.26.